The number of nitrogens with zero attached hydrogens (tertiary/aromatic N) is 3. The van der Waals surface area contributed by atoms with E-state index in [9.17, 15) is 0 Å². The van der Waals surface area contributed by atoms with Crippen molar-refractivity contribution in [3.8, 4) is 45.3 Å². The first kappa shape index (κ1) is 29.1. The van der Waals surface area contributed by atoms with Crippen molar-refractivity contribution in [3.63, 3.8) is 0 Å². The van der Waals surface area contributed by atoms with E-state index in [0.29, 0.717) is 17.5 Å². The number of rotatable bonds is 4. The quantitative estimate of drug-likeness (QED) is 0.174. The van der Waals surface area contributed by atoms with Gasteiger partial charge in [0.05, 0.1) is 0 Å². The zero-order valence-electron chi connectivity index (χ0n) is 27.7. The minimum Gasteiger partial charge on any atom is -0.456 e. The van der Waals surface area contributed by atoms with Crippen LogP contribution in [0.2, 0.25) is 0 Å². The summed E-state index contributed by atoms with van der Waals surface area (Å²) in [5.41, 5.74) is 6.87. The van der Waals surface area contributed by atoms with Crippen LogP contribution in [0.25, 0.3) is 109 Å². The minimum absolute atomic E-state index is 0.634. The highest BCUT2D eigenvalue weighted by Crippen LogP contribution is 2.40. The average Bonchev–Trinajstić information content (AvgIpc) is 3.77. The first-order valence-electron chi connectivity index (χ1n) is 17.3. The van der Waals surface area contributed by atoms with E-state index in [-0.39, 0.29) is 0 Å². The van der Waals surface area contributed by atoms with Crippen LogP contribution < -0.4 is 0 Å². The summed E-state index contributed by atoms with van der Waals surface area (Å²) in [6.45, 7) is 0. The van der Waals surface area contributed by atoms with E-state index < -0.39 is 0 Å². The molecular weight excluding hydrogens is 655 g/mol. The van der Waals surface area contributed by atoms with Crippen LogP contribution in [-0.2, 0) is 0 Å². The van der Waals surface area contributed by atoms with Crippen LogP contribution in [0.3, 0.4) is 0 Å². The highest BCUT2D eigenvalue weighted by atomic mass is 32.1. The second-order valence-electron chi connectivity index (χ2n) is 13.2. The molecule has 0 fully saturated rings. The van der Waals surface area contributed by atoms with Gasteiger partial charge in [-0.1, -0.05) is 115 Å². The number of aromatic nitrogens is 3. The Hall–Kier alpha value is -6.69. The van der Waals surface area contributed by atoms with E-state index in [4.69, 9.17) is 19.4 Å². The normalized spacial score (nSPS) is 11.8. The molecule has 0 atom stereocenters. The van der Waals surface area contributed by atoms with Gasteiger partial charge in [-0.05, 0) is 81.2 Å². The van der Waals surface area contributed by atoms with E-state index in [0.717, 1.165) is 55.1 Å². The average molecular weight is 682 g/mol. The number of hydrogen-bond acceptors (Lipinski definition) is 5. The van der Waals surface area contributed by atoms with Gasteiger partial charge in [0.2, 0.25) is 0 Å². The molecule has 4 nitrogen and oxygen atoms in total. The Labute approximate surface area is 302 Å². The van der Waals surface area contributed by atoms with Gasteiger partial charge in [-0.2, -0.15) is 0 Å². The highest BCUT2D eigenvalue weighted by molar-refractivity contribution is 7.25. The lowest BCUT2D eigenvalue weighted by molar-refractivity contribution is 0.669. The molecule has 11 aromatic rings. The number of furan rings is 1. The van der Waals surface area contributed by atoms with Crippen LogP contribution in [0.1, 0.15) is 0 Å². The largest absolute Gasteiger partial charge is 0.456 e. The third-order valence-corrected chi connectivity index (χ3v) is 11.2. The summed E-state index contributed by atoms with van der Waals surface area (Å²) < 4.78 is 8.87. The van der Waals surface area contributed by atoms with Crippen molar-refractivity contribution in [2.24, 2.45) is 0 Å². The summed E-state index contributed by atoms with van der Waals surface area (Å²) in [5.74, 6) is 1.93. The summed E-state index contributed by atoms with van der Waals surface area (Å²) in [6, 6.07) is 57.5. The summed E-state index contributed by atoms with van der Waals surface area (Å²) in [4.78, 5) is 15.3. The Bertz CT molecular complexity index is 3200. The second-order valence-corrected chi connectivity index (χ2v) is 14.3. The maximum Gasteiger partial charge on any atom is 0.164 e. The van der Waals surface area contributed by atoms with Crippen molar-refractivity contribution in [3.05, 3.63) is 164 Å². The number of thiophene rings is 1. The second kappa shape index (κ2) is 11.4. The smallest absolute Gasteiger partial charge is 0.164 e. The monoisotopic (exact) mass is 681 g/mol. The van der Waals surface area contributed by atoms with Crippen molar-refractivity contribution in [1.82, 2.24) is 15.0 Å². The Balaban J connectivity index is 1.09. The van der Waals surface area contributed by atoms with Gasteiger partial charge in [-0.15, -0.1) is 11.3 Å². The molecule has 0 N–H and O–H groups in total. The first-order chi connectivity index (χ1) is 25.7. The van der Waals surface area contributed by atoms with Gasteiger partial charge in [0.15, 0.2) is 17.5 Å². The SMILES string of the molecule is c1ccc(-c2nc(-c3cccc(-c4cccc5ccc6cc7c(cc6c45)oc4ccccc47)c3)nc(-c3ccc4sc5ccccc5c4c3)n2)cc1. The highest BCUT2D eigenvalue weighted by Gasteiger charge is 2.17. The lowest BCUT2D eigenvalue weighted by Gasteiger charge is -2.12. The van der Waals surface area contributed by atoms with Crippen LogP contribution >= 0.6 is 11.3 Å². The molecule has 0 bridgehead atoms. The van der Waals surface area contributed by atoms with Crippen LogP contribution in [0, 0.1) is 0 Å². The Morgan fingerprint density at radius 3 is 1.92 bits per heavy atom. The molecule has 5 heteroatoms. The van der Waals surface area contributed by atoms with Gasteiger partial charge in [0.25, 0.3) is 0 Å². The topological polar surface area (TPSA) is 51.8 Å². The van der Waals surface area contributed by atoms with Crippen LogP contribution in [0.4, 0.5) is 0 Å². The van der Waals surface area contributed by atoms with Crippen molar-refractivity contribution >= 4 is 75.0 Å². The predicted octanol–water partition coefficient (Wildman–Crippen LogP) is 13.1. The molecule has 3 aromatic heterocycles. The van der Waals surface area contributed by atoms with Crippen molar-refractivity contribution in [2.75, 3.05) is 0 Å². The summed E-state index contributed by atoms with van der Waals surface area (Å²) in [5, 5.41) is 9.44. The van der Waals surface area contributed by atoms with Crippen LogP contribution in [0.15, 0.2) is 168 Å². The molecule has 8 aromatic carbocycles. The molecule has 52 heavy (non-hydrogen) atoms. The third kappa shape index (κ3) is 4.64. The van der Waals surface area contributed by atoms with Crippen LogP contribution in [0.5, 0.6) is 0 Å². The van der Waals surface area contributed by atoms with E-state index in [2.05, 4.69) is 133 Å². The Morgan fingerprint density at radius 2 is 1.04 bits per heavy atom. The first-order valence-corrected chi connectivity index (χ1v) is 18.2. The van der Waals surface area contributed by atoms with Crippen molar-refractivity contribution < 1.29 is 4.42 Å². The third-order valence-electron chi connectivity index (χ3n) is 10.1. The van der Waals surface area contributed by atoms with E-state index >= 15 is 0 Å². The molecule has 0 unspecified atom stereocenters. The van der Waals surface area contributed by atoms with Crippen molar-refractivity contribution in [1.29, 1.82) is 0 Å². The molecule has 0 aliphatic carbocycles. The van der Waals surface area contributed by atoms with Gasteiger partial charge in [-0.25, -0.2) is 15.0 Å². The van der Waals surface area contributed by atoms with Gasteiger partial charge >= 0.3 is 0 Å². The fourth-order valence-electron chi connectivity index (χ4n) is 7.61. The van der Waals surface area contributed by atoms with E-state index in [1.165, 1.54) is 36.3 Å². The molecule has 3 heterocycles. The molecule has 0 amide bonds. The fourth-order valence-corrected chi connectivity index (χ4v) is 8.70. The molecule has 0 aliphatic rings. The molecule has 0 spiro atoms. The molecular formula is C47H27N3OS. The van der Waals surface area contributed by atoms with E-state index in [1.807, 2.05) is 41.7 Å². The fraction of sp³-hybridized carbons (Fsp3) is 0. The van der Waals surface area contributed by atoms with Crippen molar-refractivity contribution in [2.45, 2.75) is 0 Å². The lowest BCUT2D eigenvalue weighted by Crippen LogP contribution is -2.00. The van der Waals surface area contributed by atoms with Gasteiger partial charge in [0.1, 0.15) is 11.2 Å². The maximum absolute atomic E-state index is 6.35. The number of hydrogen-bond donors (Lipinski definition) is 0. The molecule has 0 aliphatic heterocycles. The van der Waals surface area contributed by atoms with Crippen LogP contribution in [-0.4, -0.2) is 15.0 Å². The molecule has 0 saturated carbocycles. The summed E-state index contributed by atoms with van der Waals surface area (Å²) in [7, 11) is 0. The summed E-state index contributed by atoms with van der Waals surface area (Å²) in [6.07, 6.45) is 0. The number of fused-ring (bicyclic) bond motifs is 9. The lowest BCUT2D eigenvalue weighted by atomic mass is 9.92. The Kier molecular flexibility index (Phi) is 6.39. The molecule has 11 rings (SSSR count). The van der Waals surface area contributed by atoms with Gasteiger partial charge in [-0.3, -0.25) is 0 Å². The maximum atomic E-state index is 6.35. The number of benzene rings is 8. The summed E-state index contributed by atoms with van der Waals surface area (Å²) >= 11 is 1.81. The minimum atomic E-state index is 0.634. The van der Waals surface area contributed by atoms with E-state index in [1.54, 1.807) is 0 Å². The predicted molar refractivity (Wildman–Crippen MR) is 217 cm³/mol. The Morgan fingerprint density at radius 1 is 0.365 bits per heavy atom. The zero-order chi connectivity index (χ0) is 34.2. The molecule has 0 radical (unpaired) electrons. The van der Waals surface area contributed by atoms with Gasteiger partial charge < -0.3 is 4.42 Å². The zero-order valence-corrected chi connectivity index (χ0v) is 28.6. The number of para-hydroxylation sites is 1. The van der Waals surface area contributed by atoms with Gasteiger partial charge in [0, 0.05) is 47.6 Å². The molecule has 242 valence electrons. The standard InChI is InChI=1S/C47H27N3OS/c1-2-10-29(11-3-1)45-48-46(50-47(49-45)33-22-23-43-39(26-33)36-16-5-7-19-42(36)52-43)32-14-8-13-30(24-32)34-17-9-12-28-20-21-31-25-38-35-15-4-6-18-40(35)51-41(38)27-37(31)44(28)34/h1-27H. The molecule has 0 saturated heterocycles.